The highest BCUT2D eigenvalue weighted by atomic mass is 16.7. The third-order valence-corrected chi connectivity index (χ3v) is 5.14. The van der Waals surface area contributed by atoms with Crippen molar-refractivity contribution in [2.75, 3.05) is 13.7 Å². The van der Waals surface area contributed by atoms with Gasteiger partial charge < -0.3 is 49.6 Å². The fourth-order valence-corrected chi connectivity index (χ4v) is 3.32. The minimum Gasteiger partial charge on any atom is -0.504 e. The van der Waals surface area contributed by atoms with Crippen LogP contribution >= 0.6 is 0 Å². The van der Waals surface area contributed by atoms with Crippen molar-refractivity contribution in [3.05, 3.63) is 47.5 Å². The van der Waals surface area contributed by atoms with E-state index in [2.05, 4.69) is 0 Å². The zero-order chi connectivity index (χ0) is 25.0. The molecule has 0 unspecified atom stereocenters. The van der Waals surface area contributed by atoms with Crippen LogP contribution < -0.4 is 9.47 Å². The Morgan fingerprint density at radius 2 is 1.68 bits per heavy atom. The predicted octanol–water partition coefficient (Wildman–Crippen LogP) is 0.888. The lowest BCUT2D eigenvalue weighted by Gasteiger charge is -2.40. The fraction of sp³-hybridized carbons (Fsp3) is 0.348. The Balaban J connectivity index is 1.72. The van der Waals surface area contributed by atoms with Gasteiger partial charge in [-0.1, -0.05) is 18.2 Å². The Morgan fingerprint density at radius 1 is 1.00 bits per heavy atom. The van der Waals surface area contributed by atoms with Gasteiger partial charge in [-0.05, 0) is 36.8 Å². The molecule has 11 nitrogen and oxygen atoms in total. The van der Waals surface area contributed by atoms with Gasteiger partial charge in [-0.3, -0.25) is 0 Å². The number of esters is 1. The fourth-order valence-electron chi connectivity index (χ4n) is 3.32. The standard InChI is InChI=1S/C23H26O11/c1-3-4-11-5-6-15(16(7-11)31-2)33-23-21(29)20(28)19(27)17(34-23)10-32-22(30)12-8-13(24)18(26)14(25)9-12/h3-9,17,19-21,23-29H,10H2,1-2H3/b4-3+/t17-,19-,20+,21-,23-/m1/s1. The van der Waals surface area contributed by atoms with Crippen molar-refractivity contribution < 1.29 is 54.4 Å². The minimum absolute atomic E-state index is 0.203. The van der Waals surface area contributed by atoms with Gasteiger partial charge in [-0.15, -0.1) is 0 Å². The van der Waals surface area contributed by atoms with Crippen molar-refractivity contribution in [1.29, 1.82) is 0 Å². The SMILES string of the molecule is C/C=C/c1ccc(O[C@@H]2O[C@H](COC(=O)c3cc(O)c(O)c(O)c3)[C@@H](O)[C@H](O)[C@H]2O)c(OC)c1. The highest BCUT2D eigenvalue weighted by Gasteiger charge is 2.45. The van der Waals surface area contributed by atoms with E-state index in [1.807, 2.05) is 19.1 Å². The van der Waals surface area contributed by atoms with E-state index in [4.69, 9.17) is 18.9 Å². The summed E-state index contributed by atoms with van der Waals surface area (Å²) in [5.41, 5.74) is 0.556. The van der Waals surface area contributed by atoms with E-state index in [1.54, 1.807) is 18.2 Å². The average molecular weight is 478 g/mol. The van der Waals surface area contributed by atoms with Gasteiger partial charge in [-0.2, -0.15) is 0 Å². The first-order valence-corrected chi connectivity index (χ1v) is 10.2. The molecule has 184 valence electrons. The lowest BCUT2D eigenvalue weighted by Crippen LogP contribution is -2.60. The van der Waals surface area contributed by atoms with Crippen LogP contribution in [0.5, 0.6) is 28.7 Å². The van der Waals surface area contributed by atoms with E-state index >= 15 is 0 Å². The molecule has 2 aromatic carbocycles. The number of aliphatic hydroxyl groups is 3. The Bertz CT molecular complexity index is 1030. The molecular formula is C23H26O11. The molecule has 0 aliphatic carbocycles. The van der Waals surface area contributed by atoms with E-state index in [0.29, 0.717) is 5.75 Å². The van der Waals surface area contributed by atoms with Crippen molar-refractivity contribution in [2.24, 2.45) is 0 Å². The lowest BCUT2D eigenvalue weighted by atomic mass is 9.99. The molecule has 6 N–H and O–H groups in total. The number of phenols is 3. The number of aliphatic hydroxyl groups excluding tert-OH is 3. The lowest BCUT2D eigenvalue weighted by molar-refractivity contribution is -0.277. The molecule has 0 amide bonds. The summed E-state index contributed by atoms with van der Waals surface area (Å²) in [7, 11) is 1.43. The van der Waals surface area contributed by atoms with Gasteiger partial charge in [0, 0.05) is 0 Å². The number of carbonyl (C=O) groups excluding carboxylic acids is 1. The Kier molecular flexibility index (Phi) is 7.84. The van der Waals surface area contributed by atoms with Crippen molar-refractivity contribution in [1.82, 2.24) is 0 Å². The molecule has 1 saturated heterocycles. The van der Waals surface area contributed by atoms with E-state index in [9.17, 15) is 35.4 Å². The second-order valence-corrected chi connectivity index (χ2v) is 7.50. The molecule has 2 aromatic rings. The smallest absolute Gasteiger partial charge is 0.338 e. The van der Waals surface area contributed by atoms with E-state index in [0.717, 1.165) is 17.7 Å². The molecule has 34 heavy (non-hydrogen) atoms. The summed E-state index contributed by atoms with van der Waals surface area (Å²) in [6.07, 6.45) is -3.98. The summed E-state index contributed by atoms with van der Waals surface area (Å²) >= 11 is 0. The maximum atomic E-state index is 12.3. The van der Waals surface area contributed by atoms with Crippen molar-refractivity contribution >= 4 is 12.0 Å². The largest absolute Gasteiger partial charge is 0.504 e. The van der Waals surface area contributed by atoms with Crippen LogP contribution in [0.15, 0.2) is 36.4 Å². The summed E-state index contributed by atoms with van der Waals surface area (Å²) in [6.45, 7) is 1.29. The molecule has 0 spiro atoms. The number of ether oxygens (including phenoxy) is 4. The molecule has 1 heterocycles. The number of methoxy groups -OCH3 is 1. The predicted molar refractivity (Wildman–Crippen MR) is 117 cm³/mol. The van der Waals surface area contributed by atoms with E-state index in [-0.39, 0.29) is 11.3 Å². The van der Waals surface area contributed by atoms with E-state index in [1.165, 1.54) is 7.11 Å². The molecular weight excluding hydrogens is 452 g/mol. The van der Waals surface area contributed by atoms with Crippen LogP contribution in [-0.4, -0.2) is 81.0 Å². The normalized spacial score (nSPS) is 24.7. The number of benzene rings is 2. The minimum atomic E-state index is -1.68. The summed E-state index contributed by atoms with van der Waals surface area (Å²) < 4.78 is 21.6. The highest BCUT2D eigenvalue weighted by Crippen LogP contribution is 2.36. The first-order chi connectivity index (χ1) is 16.2. The molecule has 1 aliphatic rings. The number of rotatable bonds is 7. The zero-order valence-corrected chi connectivity index (χ0v) is 18.4. The molecule has 11 heteroatoms. The molecule has 0 saturated carbocycles. The molecule has 1 fully saturated rings. The van der Waals surface area contributed by atoms with Crippen molar-refractivity contribution in [3.8, 4) is 28.7 Å². The number of allylic oxidation sites excluding steroid dienone is 1. The Morgan fingerprint density at radius 3 is 2.29 bits per heavy atom. The van der Waals surface area contributed by atoms with Gasteiger partial charge in [0.2, 0.25) is 6.29 Å². The monoisotopic (exact) mass is 478 g/mol. The van der Waals surface area contributed by atoms with Gasteiger partial charge >= 0.3 is 5.97 Å². The summed E-state index contributed by atoms with van der Waals surface area (Å²) in [5, 5.41) is 59.3. The maximum Gasteiger partial charge on any atom is 0.338 e. The van der Waals surface area contributed by atoms with Crippen LogP contribution in [0.3, 0.4) is 0 Å². The highest BCUT2D eigenvalue weighted by molar-refractivity contribution is 5.91. The first-order valence-electron chi connectivity index (χ1n) is 10.2. The van der Waals surface area contributed by atoms with E-state index < -0.39 is 60.5 Å². The summed E-state index contributed by atoms with van der Waals surface area (Å²) in [6, 6.07) is 6.77. The van der Waals surface area contributed by atoms with Gasteiger partial charge in [0.15, 0.2) is 28.7 Å². The second kappa shape index (κ2) is 10.6. The van der Waals surface area contributed by atoms with Crippen molar-refractivity contribution in [2.45, 2.75) is 37.6 Å². The van der Waals surface area contributed by atoms with Gasteiger partial charge in [0.05, 0.1) is 12.7 Å². The Hall–Kier alpha value is -3.51. The van der Waals surface area contributed by atoms with Crippen LogP contribution in [0.4, 0.5) is 0 Å². The molecule has 0 radical (unpaired) electrons. The quantitative estimate of drug-likeness (QED) is 0.246. The van der Waals surface area contributed by atoms with Gasteiger partial charge in [0.25, 0.3) is 0 Å². The number of carbonyl (C=O) groups is 1. The molecule has 1 aliphatic heterocycles. The number of aromatic hydroxyl groups is 3. The second-order valence-electron chi connectivity index (χ2n) is 7.50. The third-order valence-electron chi connectivity index (χ3n) is 5.14. The molecule has 0 aromatic heterocycles. The molecule has 3 rings (SSSR count). The third kappa shape index (κ3) is 5.34. The van der Waals surface area contributed by atoms with Crippen LogP contribution in [0.1, 0.15) is 22.8 Å². The number of hydrogen-bond acceptors (Lipinski definition) is 11. The summed E-state index contributed by atoms with van der Waals surface area (Å²) in [5.74, 6) is -2.74. The molecule has 0 bridgehead atoms. The number of hydrogen-bond donors (Lipinski definition) is 6. The van der Waals surface area contributed by atoms with Crippen LogP contribution in [-0.2, 0) is 9.47 Å². The molecule has 5 atom stereocenters. The van der Waals surface area contributed by atoms with Crippen LogP contribution in [0, 0.1) is 0 Å². The number of phenolic OH excluding ortho intramolecular Hbond substituents is 3. The summed E-state index contributed by atoms with van der Waals surface area (Å²) in [4.78, 5) is 12.3. The topological polar surface area (TPSA) is 175 Å². The van der Waals surface area contributed by atoms with Gasteiger partial charge in [-0.25, -0.2) is 4.79 Å². The maximum absolute atomic E-state index is 12.3. The zero-order valence-electron chi connectivity index (χ0n) is 18.4. The van der Waals surface area contributed by atoms with Crippen LogP contribution in [0.25, 0.3) is 6.08 Å². The average Bonchev–Trinajstić information content (AvgIpc) is 2.82. The Labute approximate surface area is 194 Å². The first kappa shape index (κ1) is 25.1. The van der Waals surface area contributed by atoms with Gasteiger partial charge in [0.1, 0.15) is 31.0 Å². The van der Waals surface area contributed by atoms with Crippen LogP contribution in [0.2, 0.25) is 0 Å². The van der Waals surface area contributed by atoms with Crippen molar-refractivity contribution in [3.63, 3.8) is 0 Å².